The molecule has 0 aliphatic heterocycles. The van der Waals surface area contributed by atoms with Crippen molar-refractivity contribution >= 4 is 5.97 Å². The smallest absolute Gasteiger partial charge is 0.313 e. The van der Waals surface area contributed by atoms with E-state index in [0.29, 0.717) is 23.3 Å². The largest absolute Gasteiger partial charge is 0.469 e. The molecule has 0 aromatic carbocycles. The van der Waals surface area contributed by atoms with E-state index in [2.05, 4.69) is 14.7 Å². The first-order valence-electron chi connectivity index (χ1n) is 8.05. The Morgan fingerprint density at radius 2 is 1.44 bits per heavy atom. The van der Waals surface area contributed by atoms with Crippen LogP contribution in [0.4, 0.5) is 0 Å². The monoisotopic (exact) mass is 352 g/mol. The number of carbonyl (C=O) groups is 1. The first-order chi connectivity index (χ1) is 11.5. The average Bonchev–Trinajstić information content (AvgIpc) is 3.15. The molecule has 0 atom stereocenters. The third-order valence-electron chi connectivity index (χ3n) is 3.09. The Morgan fingerprint density at radius 3 is 1.76 bits per heavy atom. The standard InChI is InChI=1S/C10H15NO3.C8H13NO2/c1-10(2,3)9-11-6-7(14-9)5-8(12)13-4;1-8(2,3)7-9-4-6(5-10)11-7/h6H,5H2,1-4H3;4,10H,5H2,1-3H3. The normalized spacial score (nSPS) is 11.7. The molecule has 2 rings (SSSR count). The van der Waals surface area contributed by atoms with E-state index in [1.54, 1.807) is 12.4 Å². The Morgan fingerprint density at radius 1 is 1.00 bits per heavy atom. The minimum absolute atomic E-state index is 0.0760. The minimum atomic E-state index is -0.318. The summed E-state index contributed by atoms with van der Waals surface area (Å²) in [6, 6.07) is 0. The lowest BCUT2D eigenvalue weighted by Crippen LogP contribution is -2.11. The van der Waals surface area contributed by atoms with Crippen molar-refractivity contribution < 1.29 is 23.5 Å². The van der Waals surface area contributed by atoms with Gasteiger partial charge >= 0.3 is 5.97 Å². The van der Waals surface area contributed by atoms with E-state index in [1.165, 1.54) is 7.11 Å². The SMILES string of the molecule is CC(C)(C)c1ncc(CO)o1.COC(=O)Cc1cnc(C(C)(C)C)o1. The Labute approximate surface area is 148 Å². The van der Waals surface area contributed by atoms with Crippen molar-refractivity contribution in [1.29, 1.82) is 0 Å². The predicted octanol–water partition coefficient (Wildman–Crippen LogP) is 3.15. The Hall–Kier alpha value is -2.15. The van der Waals surface area contributed by atoms with Gasteiger partial charge in [0.25, 0.3) is 0 Å². The number of esters is 1. The molecular weight excluding hydrogens is 324 g/mol. The number of nitrogens with zero attached hydrogens (tertiary/aromatic N) is 2. The van der Waals surface area contributed by atoms with Crippen LogP contribution in [0.25, 0.3) is 0 Å². The van der Waals surface area contributed by atoms with E-state index in [-0.39, 0.29) is 29.8 Å². The van der Waals surface area contributed by atoms with E-state index < -0.39 is 0 Å². The molecule has 25 heavy (non-hydrogen) atoms. The number of hydrogen-bond donors (Lipinski definition) is 1. The second-order valence-corrected chi connectivity index (χ2v) is 7.67. The number of rotatable bonds is 3. The topological polar surface area (TPSA) is 98.6 Å². The van der Waals surface area contributed by atoms with Crippen LogP contribution in [0.2, 0.25) is 0 Å². The third kappa shape index (κ3) is 6.70. The number of oxazole rings is 2. The molecule has 0 saturated heterocycles. The highest BCUT2D eigenvalue weighted by atomic mass is 16.5. The van der Waals surface area contributed by atoms with Gasteiger partial charge in [-0.3, -0.25) is 4.79 Å². The highest BCUT2D eigenvalue weighted by Gasteiger charge is 2.21. The maximum Gasteiger partial charge on any atom is 0.313 e. The molecule has 0 aliphatic carbocycles. The van der Waals surface area contributed by atoms with Crippen molar-refractivity contribution in [3.63, 3.8) is 0 Å². The number of aliphatic hydroxyl groups excluding tert-OH is 1. The van der Waals surface area contributed by atoms with Gasteiger partial charge in [-0.15, -0.1) is 0 Å². The van der Waals surface area contributed by atoms with E-state index in [1.807, 2.05) is 41.5 Å². The van der Waals surface area contributed by atoms with Crippen LogP contribution in [-0.2, 0) is 33.4 Å². The van der Waals surface area contributed by atoms with E-state index >= 15 is 0 Å². The molecule has 140 valence electrons. The molecule has 0 bridgehead atoms. The first kappa shape index (κ1) is 20.9. The number of carbonyl (C=O) groups excluding carboxylic acids is 1. The quantitative estimate of drug-likeness (QED) is 0.847. The molecule has 0 amide bonds. The molecule has 7 nitrogen and oxygen atoms in total. The summed E-state index contributed by atoms with van der Waals surface area (Å²) in [6.07, 6.45) is 3.26. The summed E-state index contributed by atoms with van der Waals surface area (Å²) in [6.45, 7) is 12.0. The fraction of sp³-hybridized carbons (Fsp3) is 0.611. The highest BCUT2D eigenvalue weighted by Crippen LogP contribution is 2.22. The van der Waals surface area contributed by atoms with Gasteiger partial charge in [0.2, 0.25) is 0 Å². The number of aliphatic hydroxyl groups is 1. The van der Waals surface area contributed by atoms with Crippen LogP contribution >= 0.6 is 0 Å². The molecule has 0 spiro atoms. The first-order valence-corrected chi connectivity index (χ1v) is 8.05. The molecule has 0 aliphatic rings. The molecule has 1 N–H and O–H groups in total. The summed E-state index contributed by atoms with van der Waals surface area (Å²) < 4.78 is 15.2. The molecule has 2 aromatic heterocycles. The van der Waals surface area contributed by atoms with Crippen molar-refractivity contribution in [2.24, 2.45) is 0 Å². The molecule has 0 fully saturated rings. The summed E-state index contributed by atoms with van der Waals surface area (Å²) in [7, 11) is 1.35. The summed E-state index contributed by atoms with van der Waals surface area (Å²) in [5, 5.41) is 8.68. The molecule has 0 unspecified atom stereocenters. The van der Waals surface area contributed by atoms with Crippen molar-refractivity contribution in [2.75, 3.05) is 7.11 Å². The molecule has 7 heteroatoms. The second-order valence-electron chi connectivity index (χ2n) is 7.67. The van der Waals surface area contributed by atoms with Gasteiger partial charge in [0.15, 0.2) is 11.8 Å². The number of ether oxygens (including phenoxy) is 1. The third-order valence-corrected chi connectivity index (χ3v) is 3.09. The molecule has 0 radical (unpaired) electrons. The highest BCUT2D eigenvalue weighted by molar-refractivity contribution is 5.71. The van der Waals surface area contributed by atoms with Crippen LogP contribution in [0.1, 0.15) is 64.8 Å². The summed E-state index contributed by atoms with van der Waals surface area (Å²) in [5.74, 6) is 2.05. The zero-order valence-corrected chi connectivity index (χ0v) is 16.0. The lowest BCUT2D eigenvalue weighted by Gasteiger charge is -2.11. The van der Waals surface area contributed by atoms with Crippen molar-refractivity contribution in [3.8, 4) is 0 Å². The van der Waals surface area contributed by atoms with Gasteiger partial charge in [0.05, 0.1) is 19.5 Å². The molecule has 0 saturated carbocycles. The van der Waals surface area contributed by atoms with Gasteiger partial charge < -0.3 is 18.7 Å². The van der Waals surface area contributed by atoms with Crippen LogP contribution in [0.3, 0.4) is 0 Å². The zero-order valence-electron chi connectivity index (χ0n) is 16.0. The summed E-state index contributed by atoms with van der Waals surface area (Å²) >= 11 is 0. The molecule has 2 aromatic rings. The Balaban J connectivity index is 0.000000257. The number of methoxy groups -OCH3 is 1. The molecular formula is C18H28N2O5. The van der Waals surface area contributed by atoms with Gasteiger partial charge in [0, 0.05) is 10.8 Å². The van der Waals surface area contributed by atoms with Crippen LogP contribution in [0, 0.1) is 0 Å². The van der Waals surface area contributed by atoms with Crippen molar-refractivity contribution in [1.82, 2.24) is 9.97 Å². The average molecular weight is 352 g/mol. The maximum absolute atomic E-state index is 10.9. The van der Waals surface area contributed by atoms with E-state index in [9.17, 15) is 4.79 Å². The summed E-state index contributed by atoms with van der Waals surface area (Å²) in [4.78, 5) is 19.1. The van der Waals surface area contributed by atoms with Crippen molar-refractivity contribution in [2.45, 2.75) is 65.4 Å². The zero-order chi connectivity index (χ0) is 19.3. The Bertz CT molecular complexity index is 674. The molecule has 2 heterocycles. The number of aromatic nitrogens is 2. The van der Waals surface area contributed by atoms with Gasteiger partial charge in [-0.05, 0) is 0 Å². The summed E-state index contributed by atoms with van der Waals surface area (Å²) in [5.41, 5.74) is -0.207. The van der Waals surface area contributed by atoms with Crippen LogP contribution in [0.5, 0.6) is 0 Å². The van der Waals surface area contributed by atoms with Gasteiger partial charge in [0.1, 0.15) is 24.5 Å². The van der Waals surface area contributed by atoms with Crippen LogP contribution in [-0.4, -0.2) is 28.2 Å². The minimum Gasteiger partial charge on any atom is -0.469 e. The lowest BCUT2D eigenvalue weighted by atomic mass is 9.97. The van der Waals surface area contributed by atoms with Gasteiger partial charge in [-0.1, -0.05) is 41.5 Å². The lowest BCUT2D eigenvalue weighted by molar-refractivity contribution is -0.140. The van der Waals surface area contributed by atoms with Gasteiger partial charge in [-0.25, -0.2) is 9.97 Å². The Kier molecular flexibility index (Phi) is 6.93. The van der Waals surface area contributed by atoms with Crippen LogP contribution < -0.4 is 0 Å². The van der Waals surface area contributed by atoms with E-state index in [4.69, 9.17) is 13.9 Å². The second kappa shape index (κ2) is 8.29. The predicted molar refractivity (Wildman–Crippen MR) is 92.0 cm³/mol. The fourth-order valence-electron chi connectivity index (χ4n) is 1.68. The van der Waals surface area contributed by atoms with Crippen molar-refractivity contribution in [3.05, 3.63) is 35.7 Å². The fourth-order valence-corrected chi connectivity index (χ4v) is 1.68. The van der Waals surface area contributed by atoms with E-state index in [0.717, 1.165) is 0 Å². The van der Waals surface area contributed by atoms with Crippen LogP contribution in [0.15, 0.2) is 21.2 Å². The van der Waals surface area contributed by atoms with Gasteiger partial charge in [-0.2, -0.15) is 0 Å². The maximum atomic E-state index is 10.9. The number of hydrogen-bond acceptors (Lipinski definition) is 7.